The number of anilines is 2. The molecule has 1 heterocycles. The van der Waals surface area contributed by atoms with Crippen LogP contribution >= 0.6 is 0 Å². The lowest BCUT2D eigenvalue weighted by Crippen LogP contribution is -2.53. The number of nitrogen functional groups attached to an aromatic ring is 1. The van der Waals surface area contributed by atoms with E-state index in [1.807, 2.05) is 0 Å². The van der Waals surface area contributed by atoms with Crippen molar-refractivity contribution in [2.45, 2.75) is 18.4 Å². The molecule has 0 radical (unpaired) electrons. The number of hydrogen-bond donors (Lipinski definition) is 1. The molecule has 1 aliphatic carbocycles. The summed E-state index contributed by atoms with van der Waals surface area (Å²) in [7, 11) is 2.17. The maximum Gasteiger partial charge on any atom is 0.148 e. The van der Waals surface area contributed by atoms with Crippen LogP contribution in [0.1, 0.15) is 12.8 Å². The first-order chi connectivity index (χ1) is 8.11. The zero-order valence-electron chi connectivity index (χ0n) is 10.1. The maximum absolute atomic E-state index is 13.9. The standard InChI is InChI=1S/C13H18FN3/c1-16-6-7-17(9-13(16)4-5-13)12-3-2-10(15)8-11(12)14/h2-3,8H,4-7,9,15H2,1H3. The van der Waals surface area contributed by atoms with Crippen molar-refractivity contribution < 1.29 is 4.39 Å². The third kappa shape index (κ3) is 1.76. The Hall–Kier alpha value is -1.29. The summed E-state index contributed by atoms with van der Waals surface area (Å²) < 4.78 is 13.9. The van der Waals surface area contributed by atoms with Gasteiger partial charge in [-0.1, -0.05) is 0 Å². The van der Waals surface area contributed by atoms with Crippen molar-refractivity contribution >= 4 is 11.4 Å². The molecule has 0 amide bonds. The van der Waals surface area contributed by atoms with Crippen LogP contribution in [0.15, 0.2) is 18.2 Å². The molecule has 2 fully saturated rings. The molecule has 1 aliphatic heterocycles. The van der Waals surface area contributed by atoms with Gasteiger partial charge in [0, 0.05) is 30.9 Å². The van der Waals surface area contributed by atoms with Crippen LogP contribution in [-0.2, 0) is 0 Å². The third-order valence-electron chi connectivity index (χ3n) is 4.14. The van der Waals surface area contributed by atoms with Crippen molar-refractivity contribution in [1.82, 2.24) is 4.90 Å². The molecule has 4 heteroatoms. The van der Waals surface area contributed by atoms with E-state index in [2.05, 4.69) is 16.8 Å². The number of benzene rings is 1. The summed E-state index contributed by atoms with van der Waals surface area (Å²) in [5.74, 6) is -0.203. The number of nitrogens with zero attached hydrogens (tertiary/aromatic N) is 2. The highest BCUT2D eigenvalue weighted by atomic mass is 19.1. The molecule has 1 saturated carbocycles. The van der Waals surface area contributed by atoms with Gasteiger partial charge in [0.15, 0.2) is 0 Å². The molecule has 0 bridgehead atoms. The Morgan fingerprint density at radius 3 is 2.71 bits per heavy atom. The van der Waals surface area contributed by atoms with E-state index >= 15 is 0 Å². The van der Waals surface area contributed by atoms with Gasteiger partial charge in [-0.15, -0.1) is 0 Å². The fourth-order valence-electron chi connectivity index (χ4n) is 2.73. The Labute approximate surface area is 101 Å². The second-order valence-corrected chi connectivity index (χ2v) is 5.28. The van der Waals surface area contributed by atoms with E-state index in [4.69, 9.17) is 5.73 Å². The number of hydrogen-bond acceptors (Lipinski definition) is 3. The quantitative estimate of drug-likeness (QED) is 0.752. The van der Waals surface area contributed by atoms with Crippen molar-refractivity contribution in [1.29, 1.82) is 0 Å². The molecule has 2 N–H and O–H groups in total. The number of rotatable bonds is 1. The molecule has 3 rings (SSSR count). The number of piperazine rings is 1. The van der Waals surface area contributed by atoms with Gasteiger partial charge in [0.25, 0.3) is 0 Å². The van der Waals surface area contributed by atoms with E-state index in [1.165, 1.54) is 18.9 Å². The highest BCUT2D eigenvalue weighted by Crippen LogP contribution is 2.44. The van der Waals surface area contributed by atoms with Crippen molar-refractivity contribution in [2.24, 2.45) is 0 Å². The van der Waals surface area contributed by atoms with Gasteiger partial charge in [-0.2, -0.15) is 0 Å². The topological polar surface area (TPSA) is 32.5 Å². The Morgan fingerprint density at radius 2 is 2.06 bits per heavy atom. The molecule has 0 aromatic heterocycles. The smallest absolute Gasteiger partial charge is 0.148 e. The van der Waals surface area contributed by atoms with Crippen LogP contribution < -0.4 is 10.6 Å². The minimum atomic E-state index is -0.203. The fourth-order valence-corrected chi connectivity index (χ4v) is 2.73. The lowest BCUT2D eigenvalue weighted by Gasteiger charge is -2.41. The summed E-state index contributed by atoms with van der Waals surface area (Å²) in [4.78, 5) is 4.57. The van der Waals surface area contributed by atoms with Crippen molar-refractivity contribution in [2.75, 3.05) is 37.3 Å². The average molecular weight is 235 g/mol. The van der Waals surface area contributed by atoms with Gasteiger partial charge in [0.1, 0.15) is 5.82 Å². The van der Waals surface area contributed by atoms with Crippen molar-refractivity contribution in [3.8, 4) is 0 Å². The first-order valence-electron chi connectivity index (χ1n) is 6.12. The van der Waals surface area contributed by atoms with Crippen molar-refractivity contribution in [3.63, 3.8) is 0 Å². The predicted octanol–water partition coefficient (Wildman–Crippen LogP) is 1.69. The molecule has 1 spiro atoms. The van der Waals surface area contributed by atoms with Gasteiger partial charge < -0.3 is 10.6 Å². The summed E-state index contributed by atoms with van der Waals surface area (Å²) in [5, 5.41) is 0. The molecule has 1 aromatic rings. The summed E-state index contributed by atoms with van der Waals surface area (Å²) in [5.41, 5.74) is 7.07. The van der Waals surface area contributed by atoms with Crippen molar-refractivity contribution in [3.05, 3.63) is 24.0 Å². The molecule has 92 valence electrons. The van der Waals surface area contributed by atoms with E-state index in [0.717, 1.165) is 19.6 Å². The highest BCUT2D eigenvalue weighted by Gasteiger charge is 2.49. The molecule has 0 atom stereocenters. The Balaban J connectivity index is 1.85. The van der Waals surface area contributed by atoms with Crippen LogP contribution in [0.4, 0.5) is 15.8 Å². The first kappa shape index (κ1) is 10.8. The largest absolute Gasteiger partial charge is 0.399 e. The van der Waals surface area contributed by atoms with E-state index in [-0.39, 0.29) is 5.82 Å². The number of halogens is 1. The summed E-state index contributed by atoms with van der Waals surface area (Å²) in [6, 6.07) is 4.98. The minimum Gasteiger partial charge on any atom is -0.399 e. The van der Waals surface area contributed by atoms with Crippen LogP contribution in [0.25, 0.3) is 0 Å². The Bertz CT molecular complexity index is 442. The first-order valence-corrected chi connectivity index (χ1v) is 6.12. The summed E-state index contributed by atoms with van der Waals surface area (Å²) >= 11 is 0. The van der Waals surface area contributed by atoms with Crippen LogP contribution in [-0.4, -0.2) is 37.1 Å². The zero-order valence-corrected chi connectivity index (χ0v) is 10.1. The highest BCUT2D eigenvalue weighted by molar-refractivity contribution is 5.55. The lowest BCUT2D eigenvalue weighted by molar-refractivity contribution is 0.198. The van der Waals surface area contributed by atoms with E-state index < -0.39 is 0 Å². The molecule has 3 nitrogen and oxygen atoms in total. The Morgan fingerprint density at radius 1 is 1.29 bits per heavy atom. The third-order valence-corrected chi connectivity index (χ3v) is 4.14. The molecule has 2 aliphatic rings. The van der Waals surface area contributed by atoms with Gasteiger partial charge >= 0.3 is 0 Å². The second-order valence-electron chi connectivity index (χ2n) is 5.28. The normalized spacial score (nSPS) is 23.1. The van der Waals surface area contributed by atoms with Gasteiger partial charge in [0.2, 0.25) is 0 Å². The van der Waals surface area contributed by atoms with Gasteiger partial charge in [-0.05, 0) is 38.1 Å². The van der Waals surface area contributed by atoms with Crippen LogP contribution in [0.3, 0.4) is 0 Å². The SMILES string of the molecule is CN1CCN(c2ccc(N)cc2F)CC12CC2. The zero-order chi connectivity index (χ0) is 12.0. The monoisotopic (exact) mass is 235 g/mol. The molecular weight excluding hydrogens is 217 g/mol. The van der Waals surface area contributed by atoms with Crippen LogP contribution in [0.5, 0.6) is 0 Å². The summed E-state index contributed by atoms with van der Waals surface area (Å²) in [6.07, 6.45) is 2.47. The number of likely N-dealkylation sites (N-methyl/N-ethyl adjacent to an activating group) is 1. The summed E-state index contributed by atoms with van der Waals surface area (Å²) in [6.45, 7) is 2.83. The lowest BCUT2D eigenvalue weighted by atomic mass is 10.1. The maximum atomic E-state index is 13.9. The average Bonchev–Trinajstić information content (AvgIpc) is 3.04. The fraction of sp³-hybridized carbons (Fsp3) is 0.538. The molecule has 1 aromatic carbocycles. The predicted molar refractivity (Wildman–Crippen MR) is 67.6 cm³/mol. The van der Waals surface area contributed by atoms with Crippen LogP contribution in [0, 0.1) is 5.82 Å². The van der Waals surface area contributed by atoms with Gasteiger partial charge in [-0.25, -0.2) is 4.39 Å². The van der Waals surface area contributed by atoms with Gasteiger partial charge in [0.05, 0.1) is 5.69 Å². The number of nitrogens with two attached hydrogens (primary N) is 1. The van der Waals surface area contributed by atoms with E-state index in [1.54, 1.807) is 12.1 Å². The van der Waals surface area contributed by atoms with Crippen LogP contribution in [0.2, 0.25) is 0 Å². The van der Waals surface area contributed by atoms with Gasteiger partial charge in [-0.3, -0.25) is 4.90 Å². The minimum absolute atomic E-state index is 0.203. The van der Waals surface area contributed by atoms with E-state index in [0.29, 0.717) is 16.9 Å². The second kappa shape index (κ2) is 3.60. The Kier molecular flexibility index (Phi) is 2.30. The molecule has 1 saturated heterocycles. The van der Waals surface area contributed by atoms with E-state index in [9.17, 15) is 4.39 Å². The molecular formula is C13H18FN3. The molecule has 17 heavy (non-hydrogen) atoms. The molecule has 0 unspecified atom stereocenters.